The predicted molar refractivity (Wildman–Crippen MR) is 102 cm³/mol. The molecule has 0 atom stereocenters. The first-order valence-electron chi connectivity index (χ1n) is 8.36. The van der Waals surface area contributed by atoms with Crippen molar-refractivity contribution in [2.45, 2.75) is 33.5 Å². The second-order valence-corrected chi connectivity index (χ2v) is 6.10. The number of anilines is 2. The summed E-state index contributed by atoms with van der Waals surface area (Å²) < 4.78 is 11.0. The van der Waals surface area contributed by atoms with E-state index in [0.717, 1.165) is 5.56 Å². The third kappa shape index (κ3) is 5.60. The minimum absolute atomic E-state index is 0.0775. The first-order valence-corrected chi connectivity index (χ1v) is 8.36. The van der Waals surface area contributed by atoms with Gasteiger partial charge >= 0.3 is 0 Å². The highest BCUT2D eigenvalue weighted by Gasteiger charge is 2.12. The zero-order valence-electron chi connectivity index (χ0n) is 15.5. The number of carbonyl (C=O) groups is 2. The van der Waals surface area contributed by atoms with Crippen molar-refractivity contribution in [3.8, 4) is 5.75 Å². The fraction of sp³-hybridized carbons (Fsp3) is 0.300. The summed E-state index contributed by atoms with van der Waals surface area (Å²) in [6, 6.07) is 12.2. The molecule has 0 unspecified atom stereocenters. The first kappa shape index (κ1) is 19.5. The Balaban J connectivity index is 2.16. The maximum atomic E-state index is 12.6. The Hall–Kier alpha value is -2.86. The molecule has 0 saturated carbocycles. The highest BCUT2D eigenvalue weighted by Crippen LogP contribution is 2.22. The molecule has 26 heavy (non-hydrogen) atoms. The van der Waals surface area contributed by atoms with E-state index in [2.05, 4.69) is 10.6 Å². The van der Waals surface area contributed by atoms with Crippen LogP contribution in [0.4, 0.5) is 11.4 Å². The number of rotatable bonds is 7. The maximum Gasteiger partial charge on any atom is 0.255 e. The van der Waals surface area contributed by atoms with E-state index in [-0.39, 0.29) is 17.9 Å². The Morgan fingerprint density at radius 3 is 2.35 bits per heavy atom. The number of hydrogen-bond acceptors (Lipinski definition) is 4. The SMILES string of the molecule is COc1ccc(C(=O)Nc2cccc(NC(C)=O)c2)cc1COC(C)C. The monoisotopic (exact) mass is 356 g/mol. The lowest BCUT2D eigenvalue weighted by molar-refractivity contribution is -0.114. The molecule has 0 spiro atoms. The van der Waals surface area contributed by atoms with E-state index in [9.17, 15) is 9.59 Å². The quantitative estimate of drug-likeness (QED) is 0.790. The zero-order valence-corrected chi connectivity index (χ0v) is 15.5. The molecule has 0 heterocycles. The molecule has 0 aliphatic carbocycles. The molecule has 2 amide bonds. The van der Waals surface area contributed by atoms with Crippen molar-refractivity contribution in [1.29, 1.82) is 0 Å². The summed E-state index contributed by atoms with van der Waals surface area (Å²) in [5, 5.41) is 5.52. The Morgan fingerprint density at radius 1 is 1.04 bits per heavy atom. The molecule has 0 aromatic heterocycles. The molecule has 0 aliphatic rings. The molecule has 0 fully saturated rings. The summed E-state index contributed by atoms with van der Waals surface area (Å²) in [5.41, 5.74) is 2.52. The number of carbonyl (C=O) groups excluding carboxylic acids is 2. The van der Waals surface area contributed by atoms with Crippen LogP contribution in [0.15, 0.2) is 42.5 Å². The van der Waals surface area contributed by atoms with Crippen molar-refractivity contribution in [1.82, 2.24) is 0 Å². The number of methoxy groups -OCH3 is 1. The highest BCUT2D eigenvalue weighted by atomic mass is 16.5. The molecule has 0 saturated heterocycles. The van der Waals surface area contributed by atoms with Crippen LogP contribution >= 0.6 is 0 Å². The van der Waals surface area contributed by atoms with Crippen LogP contribution in [0.2, 0.25) is 0 Å². The van der Waals surface area contributed by atoms with Gasteiger partial charge in [0.2, 0.25) is 5.91 Å². The van der Waals surface area contributed by atoms with Gasteiger partial charge in [-0.3, -0.25) is 9.59 Å². The van der Waals surface area contributed by atoms with Crippen molar-refractivity contribution in [2.24, 2.45) is 0 Å². The van der Waals surface area contributed by atoms with Crippen molar-refractivity contribution >= 4 is 23.2 Å². The normalized spacial score (nSPS) is 10.5. The number of amides is 2. The third-order valence-corrected chi connectivity index (χ3v) is 3.56. The lowest BCUT2D eigenvalue weighted by Crippen LogP contribution is -2.13. The lowest BCUT2D eigenvalue weighted by atomic mass is 10.1. The molecule has 138 valence electrons. The molecule has 0 aliphatic heterocycles. The summed E-state index contributed by atoms with van der Waals surface area (Å²) in [6.07, 6.45) is 0.0775. The molecule has 2 rings (SSSR count). The van der Waals surface area contributed by atoms with Crippen LogP contribution in [-0.4, -0.2) is 25.0 Å². The summed E-state index contributed by atoms with van der Waals surface area (Å²) in [7, 11) is 1.58. The van der Waals surface area contributed by atoms with E-state index in [1.165, 1.54) is 6.92 Å². The van der Waals surface area contributed by atoms with Crippen molar-refractivity contribution in [2.75, 3.05) is 17.7 Å². The minimum Gasteiger partial charge on any atom is -0.496 e. The van der Waals surface area contributed by atoms with Crippen molar-refractivity contribution in [3.05, 3.63) is 53.6 Å². The number of nitrogens with one attached hydrogen (secondary N) is 2. The van der Waals surface area contributed by atoms with Crippen LogP contribution in [0.25, 0.3) is 0 Å². The van der Waals surface area contributed by atoms with Gasteiger partial charge in [0.05, 0.1) is 19.8 Å². The molecule has 2 aromatic carbocycles. The minimum atomic E-state index is -0.251. The van der Waals surface area contributed by atoms with Gasteiger partial charge < -0.3 is 20.1 Å². The summed E-state index contributed by atoms with van der Waals surface area (Å²) in [5.74, 6) is 0.256. The Bertz CT molecular complexity index is 787. The average Bonchev–Trinajstić information content (AvgIpc) is 2.59. The molecule has 2 aromatic rings. The second-order valence-electron chi connectivity index (χ2n) is 6.10. The third-order valence-electron chi connectivity index (χ3n) is 3.56. The van der Waals surface area contributed by atoms with Crippen molar-refractivity contribution < 1.29 is 19.1 Å². The number of benzene rings is 2. The Labute approximate surface area is 153 Å². The van der Waals surface area contributed by atoms with Gasteiger partial charge in [-0.2, -0.15) is 0 Å². The fourth-order valence-corrected chi connectivity index (χ4v) is 2.37. The van der Waals surface area contributed by atoms with Gasteiger partial charge in [0.15, 0.2) is 0 Å². The highest BCUT2D eigenvalue weighted by molar-refractivity contribution is 6.04. The van der Waals surface area contributed by atoms with Gasteiger partial charge in [-0.15, -0.1) is 0 Å². The van der Waals surface area contributed by atoms with E-state index in [4.69, 9.17) is 9.47 Å². The largest absolute Gasteiger partial charge is 0.496 e. The smallest absolute Gasteiger partial charge is 0.255 e. The Kier molecular flexibility index (Phi) is 6.74. The van der Waals surface area contributed by atoms with Gasteiger partial charge in [-0.05, 0) is 50.2 Å². The van der Waals surface area contributed by atoms with Gasteiger partial charge in [0.25, 0.3) is 5.91 Å². The van der Waals surface area contributed by atoms with E-state index in [1.807, 2.05) is 13.8 Å². The molecule has 6 heteroatoms. The van der Waals surface area contributed by atoms with Gasteiger partial charge in [0, 0.05) is 29.4 Å². The number of hydrogen-bond donors (Lipinski definition) is 2. The Morgan fingerprint density at radius 2 is 1.73 bits per heavy atom. The van der Waals surface area contributed by atoms with Crippen molar-refractivity contribution in [3.63, 3.8) is 0 Å². The van der Waals surface area contributed by atoms with E-state index in [1.54, 1.807) is 49.6 Å². The van der Waals surface area contributed by atoms with Crippen LogP contribution < -0.4 is 15.4 Å². The molecule has 6 nitrogen and oxygen atoms in total. The van der Waals surface area contributed by atoms with Crippen LogP contribution in [0, 0.1) is 0 Å². The molecular formula is C20H24N2O4. The fourth-order valence-electron chi connectivity index (χ4n) is 2.37. The van der Waals surface area contributed by atoms with Gasteiger partial charge in [-0.25, -0.2) is 0 Å². The zero-order chi connectivity index (χ0) is 19.1. The van der Waals surface area contributed by atoms with Crippen LogP contribution in [0.1, 0.15) is 36.7 Å². The standard InChI is InChI=1S/C20H24N2O4/c1-13(2)26-12-16-10-15(8-9-19(16)25-4)20(24)22-18-7-5-6-17(11-18)21-14(3)23/h5-11,13H,12H2,1-4H3,(H,21,23)(H,22,24). The molecule has 0 bridgehead atoms. The van der Waals surface area contributed by atoms with Crippen LogP contribution in [0.5, 0.6) is 5.75 Å². The average molecular weight is 356 g/mol. The van der Waals surface area contributed by atoms with E-state index in [0.29, 0.717) is 29.3 Å². The molecular weight excluding hydrogens is 332 g/mol. The summed E-state index contributed by atoms with van der Waals surface area (Å²) in [4.78, 5) is 23.7. The second kappa shape index (κ2) is 9.01. The first-order chi connectivity index (χ1) is 12.4. The summed E-state index contributed by atoms with van der Waals surface area (Å²) in [6.45, 7) is 5.69. The summed E-state index contributed by atoms with van der Waals surface area (Å²) >= 11 is 0. The molecule has 0 radical (unpaired) electrons. The van der Waals surface area contributed by atoms with Gasteiger partial charge in [-0.1, -0.05) is 6.07 Å². The van der Waals surface area contributed by atoms with Crippen LogP contribution in [-0.2, 0) is 16.1 Å². The van der Waals surface area contributed by atoms with Gasteiger partial charge in [0.1, 0.15) is 5.75 Å². The maximum absolute atomic E-state index is 12.6. The van der Waals surface area contributed by atoms with E-state index >= 15 is 0 Å². The van der Waals surface area contributed by atoms with Crippen LogP contribution in [0.3, 0.4) is 0 Å². The topological polar surface area (TPSA) is 76.7 Å². The predicted octanol–water partition coefficient (Wildman–Crippen LogP) is 3.83. The lowest BCUT2D eigenvalue weighted by Gasteiger charge is -2.13. The molecule has 2 N–H and O–H groups in total. The number of ether oxygens (including phenoxy) is 2. The van der Waals surface area contributed by atoms with E-state index < -0.39 is 0 Å².